The van der Waals surface area contributed by atoms with Crippen LogP contribution in [0.2, 0.25) is 0 Å². The Morgan fingerprint density at radius 3 is 2.61 bits per heavy atom. The first-order valence-electron chi connectivity index (χ1n) is 11.5. The highest BCUT2D eigenvalue weighted by Gasteiger charge is 2.44. The number of para-hydroxylation sites is 1. The van der Waals surface area contributed by atoms with Crippen molar-refractivity contribution in [3.05, 3.63) is 57.2 Å². The van der Waals surface area contributed by atoms with Crippen LogP contribution >= 0.6 is 20.0 Å². The summed E-state index contributed by atoms with van der Waals surface area (Å²) in [4.78, 5) is 27.3. The fraction of sp³-hybridized carbons (Fsp3) is 0.522. The first-order valence-corrected chi connectivity index (χ1v) is 13.5. The van der Waals surface area contributed by atoms with Gasteiger partial charge in [0.2, 0.25) is 0 Å². The van der Waals surface area contributed by atoms with Crippen LogP contribution in [0.4, 0.5) is 0 Å². The zero-order valence-corrected chi connectivity index (χ0v) is 22.5. The Hall–Kier alpha value is -2.34. The largest absolute Gasteiger partial charge is 0.462 e. The van der Waals surface area contributed by atoms with E-state index in [-0.39, 0.29) is 18.5 Å². The van der Waals surface area contributed by atoms with E-state index in [2.05, 4.69) is 10.1 Å². The van der Waals surface area contributed by atoms with Gasteiger partial charge in [0.1, 0.15) is 28.8 Å². The summed E-state index contributed by atoms with van der Waals surface area (Å²) in [5.41, 5.74) is 0.190. The first-order chi connectivity index (χ1) is 16.9. The van der Waals surface area contributed by atoms with Crippen LogP contribution < -0.4 is 15.3 Å². The van der Waals surface area contributed by atoms with Gasteiger partial charge in [-0.15, -0.1) is 0 Å². The number of carbonyl (C=O) groups is 1. The van der Waals surface area contributed by atoms with Crippen molar-refractivity contribution in [1.82, 2.24) is 14.6 Å². The predicted octanol–water partition coefficient (Wildman–Crippen LogP) is 3.24. The third kappa shape index (κ3) is 6.90. The van der Waals surface area contributed by atoms with E-state index in [4.69, 9.17) is 30.7 Å². The van der Waals surface area contributed by atoms with Gasteiger partial charge in [-0.05, 0) is 39.8 Å². The van der Waals surface area contributed by atoms with Gasteiger partial charge in [-0.25, -0.2) is 9.36 Å². The van der Waals surface area contributed by atoms with Crippen LogP contribution in [0.15, 0.2) is 41.3 Å². The van der Waals surface area contributed by atoms with Gasteiger partial charge in [-0.3, -0.25) is 18.9 Å². The fourth-order valence-electron chi connectivity index (χ4n) is 3.63. The number of carbonyl (C=O) groups excluding carboxylic acids is 1. The Balaban J connectivity index is 1.77. The number of benzene rings is 1. The van der Waals surface area contributed by atoms with Crippen molar-refractivity contribution >= 4 is 25.9 Å². The third-order valence-electron chi connectivity index (χ3n) is 5.54. The molecule has 1 fully saturated rings. The number of hydrogen-bond donors (Lipinski definition) is 3. The van der Waals surface area contributed by atoms with E-state index in [0.717, 1.165) is 0 Å². The van der Waals surface area contributed by atoms with Gasteiger partial charge in [0, 0.05) is 17.7 Å². The van der Waals surface area contributed by atoms with Gasteiger partial charge in [0.15, 0.2) is 0 Å². The van der Waals surface area contributed by atoms with Crippen molar-refractivity contribution in [2.75, 3.05) is 6.61 Å². The van der Waals surface area contributed by atoms with E-state index in [9.17, 15) is 19.3 Å². The van der Waals surface area contributed by atoms with Crippen molar-refractivity contribution in [2.24, 2.45) is 5.92 Å². The molecule has 6 atom stereocenters. The predicted molar refractivity (Wildman–Crippen MR) is 134 cm³/mol. The number of aromatic amines is 1. The molecule has 2 unspecified atom stereocenters. The van der Waals surface area contributed by atoms with Crippen LogP contribution in [-0.4, -0.2) is 51.6 Å². The normalized spacial score (nSPS) is 24.3. The van der Waals surface area contributed by atoms with Crippen LogP contribution in [0.1, 0.15) is 39.5 Å². The molecule has 1 aromatic carbocycles. The number of aliphatic hydroxyl groups excluding tert-OH is 1. The maximum absolute atomic E-state index is 13.6. The fourth-order valence-corrected chi connectivity index (χ4v) is 5.27. The Kier molecular flexibility index (Phi) is 9.26. The molecule has 3 N–H and O–H groups in total. The SMILES string of the molecule is Cc1cn([C@H]2O[C@@H](COP(=O)(N[C@@H](C)C(=O)OC(C)C)Oc3ccccc3)C(O)[C@H]2C)c(=O)[nH]c1=S. The van der Waals surface area contributed by atoms with Crippen molar-refractivity contribution in [3.63, 3.8) is 0 Å². The second-order valence-electron chi connectivity index (χ2n) is 8.93. The second kappa shape index (κ2) is 11.8. The number of nitrogens with zero attached hydrogens (tertiary/aromatic N) is 1. The quantitative estimate of drug-likeness (QED) is 0.233. The van der Waals surface area contributed by atoms with Crippen molar-refractivity contribution in [2.45, 2.75) is 65.2 Å². The molecule has 0 amide bonds. The molecule has 2 aromatic rings. The summed E-state index contributed by atoms with van der Waals surface area (Å²) in [5.74, 6) is -0.881. The van der Waals surface area contributed by atoms with E-state index < -0.39 is 49.8 Å². The maximum Gasteiger partial charge on any atom is 0.459 e. The molecule has 0 radical (unpaired) electrons. The molecule has 0 spiro atoms. The molecule has 11 nitrogen and oxygen atoms in total. The Morgan fingerprint density at radius 1 is 1.31 bits per heavy atom. The lowest BCUT2D eigenvalue weighted by molar-refractivity contribution is -0.149. The number of aryl methyl sites for hydroxylation is 1. The van der Waals surface area contributed by atoms with E-state index in [1.54, 1.807) is 64.2 Å². The number of H-pyrrole nitrogens is 1. The average Bonchev–Trinajstić information content (AvgIpc) is 3.08. The zero-order valence-electron chi connectivity index (χ0n) is 20.7. The Morgan fingerprint density at radius 2 is 1.97 bits per heavy atom. The maximum atomic E-state index is 13.6. The zero-order chi connectivity index (χ0) is 26.6. The average molecular weight is 542 g/mol. The number of nitrogens with one attached hydrogen (secondary N) is 2. The minimum absolute atomic E-state index is 0.249. The lowest BCUT2D eigenvalue weighted by Gasteiger charge is -2.25. The van der Waals surface area contributed by atoms with Crippen molar-refractivity contribution < 1.29 is 33.0 Å². The summed E-state index contributed by atoms with van der Waals surface area (Å²) in [7, 11) is -4.14. The summed E-state index contributed by atoms with van der Waals surface area (Å²) in [6.07, 6.45) is -1.59. The highest BCUT2D eigenvalue weighted by atomic mass is 32.1. The summed E-state index contributed by atoms with van der Waals surface area (Å²) in [5, 5.41) is 13.4. The van der Waals surface area contributed by atoms with E-state index in [0.29, 0.717) is 10.2 Å². The number of esters is 1. The molecule has 0 saturated carbocycles. The Labute approximate surface area is 214 Å². The van der Waals surface area contributed by atoms with E-state index in [1.165, 1.54) is 11.5 Å². The summed E-state index contributed by atoms with van der Waals surface area (Å²) < 4.78 is 37.6. The smallest absolute Gasteiger partial charge is 0.459 e. The third-order valence-corrected chi connectivity index (χ3v) is 7.61. The first kappa shape index (κ1) is 28.2. The van der Waals surface area contributed by atoms with Crippen LogP contribution in [0.5, 0.6) is 5.75 Å². The number of rotatable bonds is 10. The molecule has 0 aliphatic carbocycles. The molecule has 13 heteroatoms. The molecule has 0 bridgehead atoms. The summed E-state index contributed by atoms with van der Waals surface area (Å²) >= 11 is 5.10. The lowest BCUT2D eigenvalue weighted by Crippen LogP contribution is -2.37. The van der Waals surface area contributed by atoms with Gasteiger partial charge in [-0.1, -0.05) is 37.3 Å². The molecular weight excluding hydrogens is 509 g/mol. The monoisotopic (exact) mass is 541 g/mol. The second-order valence-corrected chi connectivity index (χ2v) is 11.0. The number of ether oxygens (including phenoxy) is 2. The standard InChI is InChI=1S/C23H32N3O8PS/c1-13(2)32-22(28)16(5)25-35(30,34-17-9-7-6-8-10-17)31-12-18-19(27)15(4)21(33-18)26-11-14(3)20(36)24-23(26)29/h6-11,13,15-16,18-19,21,27H,12H2,1-5H3,(H,25,30)(H,24,29,36)/t15-,16+,18+,19?,21+,35?/m1/s1. The van der Waals surface area contributed by atoms with Crippen molar-refractivity contribution in [3.8, 4) is 5.75 Å². The van der Waals surface area contributed by atoms with E-state index >= 15 is 0 Å². The van der Waals surface area contributed by atoms with Gasteiger partial charge in [0.05, 0.1) is 18.8 Å². The Bertz CT molecular complexity index is 1220. The van der Waals surface area contributed by atoms with Crippen LogP contribution in [0, 0.1) is 17.5 Å². The summed E-state index contributed by atoms with van der Waals surface area (Å²) in [6, 6.07) is 7.30. The highest BCUT2D eigenvalue weighted by Crippen LogP contribution is 2.46. The number of aliphatic hydroxyl groups is 1. The number of aromatic nitrogens is 2. The molecule has 1 aromatic heterocycles. The van der Waals surface area contributed by atoms with Crippen LogP contribution in [0.3, 0.4) is 0 Å². The molecule has 1 aliphatic heterocycles. The molecular formula is C23H32N3O8PS. The van der Waals surface area contributed by atoms with Gasteiger partial charge >= 0.3 is 19.4 Å². The van der Waals surface area contributed by atoms with Gasteiger partial charge in [0.25, 0.3) is 0 Å². The van der Waals surface area contributed by atoms with Gasteiger partial charge in [-0.2, -0.15) is 5.09 Å². The molecule has 198 valence electrons. The topological polar surface area (TPSA) is 141 Å². The molecule has 36 heavy (non-hydrogen) atoms. The van der Waals surface area contributed by atoms with Crippen LogP contribution in [0.25, 0.3) is 0 Å². The molecule has 3 rings (SSSR count). The summed E-state index contributed by atoms with van der Waals surface area (Å²) in [6.45, 7) is 8.00. The number of hydrogen-bond acceptors (Lipinski definition) is 9. The molecule has 2 heterocycles. The van der Waals surface area contributed by atoms with Crippen LogP contribution in [-0.2, 0) is 23.4 Å². The van der Waals surface area contributed by atoms with Gasteiger partial charge < -0.3 is 19.1 Å². The van der Waals surface area contributed by atoms with E-state index in [1.807, 2.05) is 0 Å². The lowest BCUT2D eigenvalue weighted by atomic mass is 10.0. The highest BCUT2D eigenvalue weighted by molar-refractivity contribution is 7.71. The minimum atomic E-state index is -4.14. The van der Waals surface area contributed by atoms with Crippen molar-refractivity contribution in [1.29, 1.82) is 0 Å². The molecule has 1 saturated heterocycles. The molecule has 1 aliphatic rings. The minimum Gasteiger partial charge on any atom is -0.462 e.